The second-order valence-electron chi connectivity index (χ2n) is 6.76. The van der Waals surface area contributed by atoms with Gasteiger partial charge in [-0.05, 0) is 31.4 Å². The Labute approximate surface area is 148 Å². The molecule has 1 aromatic rings. The summed E-state index contributed by atoms with van der Waals surface area (Å²) in [5.41, 5.74) is 1.94. The Balaban J connectivity index is 1.88. The van der Waals surface area contributed by atoms with Crippen LogP contribution >= 0.6 is 0 Å². The lowest BCUT2D eigenvalue weighted by atomic mass is 9.84. The maximum Gasteiger partial charge on any atom is 0.111 e. The Bertz CT molecular complexity index is 632. The predicted molar refractivity (Wildman–Crippen MR) is 90.4 cm³/mol. The van der Waals surface area contributed by atoms with E-state index in [2.05, 4.69) is 24.0 Å². The average molecular weight is 344 g/mol. The fourth-order valence-corrected chi connectivity index (χ4v) is 3.53. The van der Waals surface area contributed by atoms with E-state index in [0.29, 0.717) is 0 Å². The van der Waals surface area contributed by atoms with E-state index >= 15 is 0 Å². The van der Waals surface area contributed by atoms with Crippen molar-refractivity contribution < 1.29 is 25.2 Å². The molecule has 1 aliphatic heterocycles. The summed E-state index contributed by atoms with van der Waals surface area (Å²) in [7, 11) is 0. The largest absolute Gasteiger partial charge is 0.394 e. The lowest BCUT2D eigenvalue weighted by molar-refractivity contribution is -0.237. The van der Waals surface area contributed by atoms with E-state index in [1.165, 1.54) is 0 Å². The van der Waals surface area contributed by atoms with Gasteiger partial charge in [0.25, 0.3) is 0 Å². The van der Waals surface area contributed by atoms with Crippen LogP contribution in [0.3, 0.4) is 0 Å². The van der Waals surface area contributed by atoms with Crippen molar-refractivity contribution in [3.63, 3.8) is 0 Å². The van der Waals surface area contributed by atoms with E-state index in [0.717, 1.165) is 43.2 Å². The van der Waals surface area contributed by atoms with E-state index in [-0.39, 0.29) is 5.92 Å². The minimum Gasteiger partial charge on any atom is -0.394 e. The molecule has 1 unspecified atom stereocenters. The number of hydrogen-bond donors (Lipinski definition) is 4. The Morgan fingerprint density at radius 3 is 2.72 bits per heavy atom. The number of aliphatic hydroxyl groups is 4. The molecule has 0 spiro atoms. The third-order valence-electron chi connectivity index (χ3n) is 5.04. The van der Waals surface area contributed by atoms with Crippen LogP contribution in [0.2, 0.25) is 0 Å². The highest BCUT2D eigenvalue weighted by Crippen LogP contribution is 2.29. The third-order valence-corrected chi connectivity index (χ3v) is 5.04. The second-order valence-corrected chi connectivity index (χ2v) is 6.76. The molecule has 5 heteroatoms. The number of fused-ring (bicyclic) bond motifs is 1. The van der Waals surface area contributed by atoms with E-state index in [1.54, 1.807) is 6.07 Å². The van der Waals surface area contributed by atoms with Gasteiger partial charge in [0.05, 0.1) is 6.61 Å². The van der Waals surface area contributed by atoms with Gasteiger partial charge in [-0.25, -0.2) is 0 Å². The topological polar surface area (TPSA) is 90.2 Å². The van der Waals surface area contributed by atoms with Crippen LogP contribution in [0.4, 0.5) is 0 Å². The third kappa shape index (κ3) is 3.98. The molecule has 0 bridgehead atoms. The molecule has 5 nitrogen and oxygen atoms in total. The first-order valence-corrected chi connectivity index (χ1v) is 8.85. The van der Waals surface area contributed by atoms with Crippen molar-refractivity contribution in [3.8, 4) is 11.8 Å². The summed E-state index contributed by atoms with van der Waals surface area (Å²) in [6.45, 7) is -0.421. The Morgan fingerprint density at radius 2 is 1.92 bits per heavy atom. The lowest BCUT2D eigenvalue weighted by Gasteiger charge is -2.42. The smallest absolute Gasteiger partial charge is 0.111 e. The highest BCUT2D eigenvalue weighted by molar-refractivity contribution is 5.40. The summed E-state index contributed by atoms with van der Waals surface area (Å²) in [6.07, 6.45) is -0.934. The van der Waals surface area contributed by atoms with E-state index in [1.807, 2.05) is 6.07 Å². The van der Waals surface area contributed by atoms with Crippen LogP contribution in [0, 0.1) is 29.9 Å². The predicted octanol–water partition coefficient (Wildman–Crippen LogP) is 0.214. The van der Waals surface area contributed by atoms with Crippen LogP contribution in [-0.4, -0.2) is 57.6 Å². The molecule has 0 amide bonds. The molecule has 0 aromatic heterocycles. The summed E-state index contributed by atoms with van der Waals surface area (Å²) in [4.78, 5) is 0. The molecule has 1 heterocycles. The molecule has 3 rings (SSSR count). The molecule has 1 saturated heterocycles. The van der Waals surface area contributed by atoms with Gasteiger partial charge in [-0.3, -0.25) is 0 Å². The van der Waals surface area contributed by atoms with Gasteiger partial charge in [-0.1, -0.05) is 36.8 Å². The van der Waals surface area contributed by atoms with Gasteiger partial charge in [-0.2, -0.15) is 0 Å². The zero-order valence-electron chi connectivity index (χ0n) is 14.1. The standard InChI is InChI=1S/C20H24O5/c21-12-16-17(22)18(23)19(24)20(25-16)15-9-3-1-2-6-13-7-4-5-8-14(13)10-11-15/h5,8,15-24H,1-3,6,9,12H2/t15?,16-,17-,18+,19-,20+/m1/s1. The first-order chi connectivity index (χ1) is 12.1. The number of ether oxygens (including phenoxy) is 1. The lowest BCUT2D eigenvalue weighted by Crippen LogP contribution is -2.60. The molecule has 1 aromatic carbocycles. The van der Waals surface area contributed by atoms with E-state index in [4.69, 9.17) is 4.74 Å². The van der Waals surface area contributed by atoms with Gasteiger partial charge in [0.1, 0.15) is 30.5 Å². The minimum atomic E-state index is -1.36. The van der Waals surface area contributed by atoms with Crippen LogP contribution in [0.15, 0.2) is 12.1 Å². The first kappa shape index (κ1) is 18.2. The van der Waals surface area contributed by atoms with Gasteiger partial charge in [0.15, 0.2) is 0 Å². The van der Waals surface area contributed by atoms with Crippen LogP contribution in [0.1, 0.15) is 36.8 Å². The van der Waals surface area contributed by atoms with Crippen LogP contribution in [0.25, 0.3) is 0 Å². The summed E-state index contributed by atoms with van der Waals surface area (Å²) in [5.74, 6) is 6.05. The Morgan fingerprint density at radius 1 is 1.08 bits per heavy atom. The van der Waals surface area contributed by atoms with Crippen molar-refractivity contribution in [3.05, 3.63) is 35.4 Å². The molecule has 1 aliphatic carbocycles. The zero-order valence-corrected chi connectivity index (χ0v) is 14.1. The summed E-state index contributed by atoms with van der Waals surface area (Å²) >= 11 is 0. The van der Waals surface area contributed by atoms with Crippen LogP contribution in [0.5, 0.6) is 0 Å². The minimum absolute atomic E-state index is 0.290. The highest BCUT2D eigenvalue weighted by atomic mass is 16.5. The van der Waals surface area contributed by atoms with Crippen molar-refractivity contribution in [2.45, 2.75) is 62.6 Å². The normalized spacial score (nSPS) is 35.7. The molecule has 2 aliphatic rings. The van der Waals surface area contributed by atoms with Gasteiger partial charge < -0.3 is 25.2 Å². The SMILES string of the molecule is OC[C@H]1O[C@@H](C2C#Cc3ccc#cc3CCCCC2)[C@H](O)[C@@H](O)[C@@H]1O. The van der Waals surface area contributed by atoms with Gasteiger partial charge in [0.2, 0.25) is 0 Å². The van der Waals surface area contributed by atoms with Gasteiger partial charge in [-0.15, -0.1) is 0 Å². The van der Waals surface area contributed by atoms with Crippen molar-refractivity contribution in [2.75, 3.05) is 6.61 Å². The highest BCUT2D eigenvalue weighted by Gasteiger charge is 2.45. The molecule has 0 saturated carbocycles. The monoisotopic (exact) mass is 344 g/mol. The van der Waals surface area contributed by atoms with Crippen LogP contribution in [-0.2, 0) is 11.2 Å². The molecule has 134 valence electrons. The summed E-state index contributed by atoms with van der Waals surface area (Å²) < 4.78 is 5.70. The van der Waals surface area contributed by atoms with Crippen molar-refractivity contribution in [2.24, 2.45) is 5.92 Å². The van der Waals surface area contributed by atoms with E-state index in [9.17, 15) is 20.4 Å². The molecule has 6 atom stereocenters. The maximum atomic E-state index is 10.4. The number of aliphatic hydroxyl groups excluding tert-OH is 4. The van der Waals surface area contributed by atoms with Gasteiger partial charge in [0, 0.05) is 17.0 Å². The fraction of sp³-hybridized carbons (Fsp3) is 0.600. The Kier molecular flexibility index (Phi) is 5.96. The Hall–Kier alpha value is -1.60. The molecule has 4 N–H and O–H groups in total. The maximum absolute atomic E-state index is 10.4. The zero-order chi connectivity index (χ0) is 17.8. The quantitative estimate of drug-likeness (QED) is 0.576. The molecular formula is C20H24O5. The van der Waals surface area contributed by atoms with Crippen molar-refractivity contribution in [1.29, 1.82) is 0 Å². The molecular weight excluding hydrogens is 320 g/mol. The molecule has 1 fully saturated rings. The van der Waals surface area contributed by atoms with E-state index < -0.39 is 37.1 Å². The number of hydrogen-bond acceptors (Lipinski definition) is 5. The van der Waals surface area contributed by atoms with Crippen LogP contribution < -0.4 is 0 Å². The fourth-order valence-electron chi connectivity index (χ4n) is 3.53. The second kappa shape index (κ2) is 8.19. The number of rotatable bonds is 2. The average Bonchev–Trinajstić information content (AvgIpc) is 2.64. The first-order valence-electron chi connectivity index (χ1n) is 8.85. The summed E-state index contributed by atoms with van der Waals surface area (Å²) in [6, 6.07) is 9.77. The van der Waals surface area contributed by atoms with Crippen molar-refractivity contribution >= 4 is 0 Å². The molecule has 25 heavy (non-hydrogen) atoms. The molecule has 0 radical (unpaired) electrons. The summed E-state index contributed by atoms with van der Waals surface area (Å²) in [5, 5.41) is 39.7. The van der Waals surface area contributed by atoms with Gasteiger partial charge >= 0.3 is 0 Å². The van der Waals surface area contributed by atoms with Crippen molar-refractivity contribution in [1.82, 2.24) is 0 Å².